The van der Waals surface area contributed by atoms with Gasteiger partial charge in [-0.25, -0.2) is 31.3 Å². The van der Waals surface area contributed by atoms with E-state index in [1.54, 1.807) is 92.9 Å². The molecular weight excluding hydrogens is 897 g/mol. The summed E-state index contributed by atoms with van der Waals surface area (Å²) in [5.74, 6) is -2.53. The SMILES string of the molecule is COc1cc(C)c(S(=O)(=O)NC(N)=NCCC[C@H](NC(=O)[C@H](Cc2ccc([N+](=O)[O-])cc2)NC(=O)[C@@H](Cc2ccccc2)NS(=O)(=O)Cc2ccccc2)C(=O)c2nccs2)c(C)c1C. The molecule has 18 nitrogen and oxygen atoms in total. The van der Waals surface area contributed by atoms with E-state index >= 15 is 0 Å². The number of nitrogens with one attached hydrogen (secondary N) is 4. The Morgan fingerprint density at radius 2 is 1.42 bits per heavy atom. The lowest BCUT2D eigenvalue weighted by molar-refractivity contribution is -0.384. The van der Waals surface area contributed by atoms with Crippen LogP contribution in [0.2, 0.25) is 0 Å². The number of guanidine groups is 1. The maximum atomic E-state index is 14.3. The third-order valence-electron chi connectivity index (χ3n) is 10.3. The number of nitro benzene ring substituents is 1. The molecule has 0 aliphatic carbocycles. The fraction of sp³-hybridized carbons (Fsp3) is 0.295. The van der Waals surface area contributed by atoms with Gasteiger partial charge in [-0.15, -0.1) is 11.3 Å². The van der Waals surface area contributed by atoms with E-state index in [0.717, 1.165) is 11.3 Å². The van der Waals surface area contributed by atoms with Crippen molar-refractivity contribution in [2.75, 3.05) is 13.7 Å². The summed E-state index contributed by atoms with van der Waals surface area (Å²) in [7, 11) is -6.80. The molecule has 65 heavy (non-hydrogen) atoms. The molecule has 21 heteroatoms. The van der Waals surface area contributed by atoms with E-state index in [-0.39, 0.29) is 47.8 Å². The molecule has 0 aliphatic heterocycles. The van der Waals surface area contributed by atoms with Gasteiger partial charge >= 0.3 is 0 Å². The number of nitrogens with zero attached hydrogens (tertiary/aromatic N) is 3. The van der Waals surface area contributed by atoms with Gasteiger partial charge in [0.1, 0.15) is 17.8 Å². The molecular formula is C44H50N8O10S3. The second-order valence-corrected chi connectivity index (χ2v) is 19.3. The third kappa shape index (κ3) is 14.0. The van der Waals surface area contributed by atoms with Gasteiger partial charge in [-0.3, -0.25) is 29.5 Å². The maximum Gasteiger partial charge on any atom is 0.269 e. The van der Waals surface area contributed by atoms with Crippen LogP contribution >= 0.6 is 11.3 Å². The predicted molar refractivity (Wildman–Crippen MR) is 246 cm³/mol. The summed E-state index contributed by atoms with van der Waals surface area (Å²) in [6.45, 7) is 4.95. The number of ketones is 1. The number of ether oxygens (including phenoxy) is 1. The van der Waals surface area contributed by atoms with Crippen LogP contribution in [0.3, 0.4) is 0 Å². The number of aromatic nitrogens is 1. The average molecular weight is 947 g/mol. The Bertz CT molecular complexity index is 2720. The Morgan fingerprint density at radius 1 is 0.831 bits per heavy atom. The zero-order valence-corrected chi connectivity index (χ0v) is 38.5. The number of nitrogens with two attached hydrogens (primary N) is 1. The zero-order valence-electron chi connectivity index (χ0n) is 36.0. The third-order valence-corrected chi connectivity index (χ3v) is 14.0. The van der Waals surface area contributed by atoms with Gasteiger partial charge in [0.15, 0.2) is 5.01 Å². The molecule has 0 saturated carbocycles. The highest BCUT2D eigenvalue weighted by Gasteiger charge is 2.32. The molecule has 0 fully saturated rings. The van der Waals surface area contributed by atoms with Crippen LogP contribution in [0.1, 0.15) is 56.0 Å². The fourth-order valence-electron chi connectivity index (χ4n) is 6.96. The Balaban J connectivity index is 1.38. The molecule has 6 N–H and O–H groups in total. The molecule has 4 aromatic carbocycles. The molecule has 0 aliphatic rings. The van der Waals surface area contributed by atoms with Crippen molar-refractivity contribution in [1.82, 2.24) is 25.1 Å². The van der Waals surface area contributed by atoms with Crippen LogP contribution in [0.15, 0.2) is 112 Å². The van der Waals surface area contributed by atoms with Crippen molar-refractivity contribution < 1.29 is 40.9 Å². The predicted octanol–water partition coefficient (Wildman–Crippen LogP) is 4.18. The van der Waals surface area contributed by atoms with Gasteiger partial charge in [0.05, 0.1) is 28.7 Å². The number of aliphatic imine (C=N–C) groups is 1. The molecule has 2 amide bonds. The smallest absolute Gasteiger partial charge is 0.269 e. The van der Waals surface area contributed by atoms with Crippen molar-refractivity contribution in [3.63, 3.8) is 0 Å². The number of nitro groups is 1. The highest BCUT2D eigenvalue weighted by atomic mass is 32.2. The van der Waals surface area contributed by atoms with Crippen LogP contribution in [-0.4, -0.2) is 82.1 Å². The van der Waals surface area contributed by atoms with Gasteiger partial charge in [0.2, 0.25) is 33.6 Å². The number of Topliss-reactive ketones (excluding diaryl/α,β-unsaturated/α-hetero) is 1. The first-order chi connectivity index (χ1) is 30.9. The number of amides is 2. The number of aryl methyl sites for hydroxylation is 1. The molecule has 5 rings (SSSR count). The highest BCUT2D eigenvalue weighted by molar-refractivity contribution is 7.90. The van der Waals surface area contributed by atoms with E-state index in [2.05, 4.69) is 30.1 Å². The molecule has 344 valence electrons. The minimum Gasteiger partial charge on any atom is -0.496 e. The minimum absolute atomic E-state index is 0.0251. The number of carbonyl (C=O) groups is 3. The van der Waals surface area contributed by atoms with Crippen LogP contribution in [0, 0.1) is 30.9 Å². The standard InChI is InChI=1S/C44H50N8O10S3/c1-28-24-38(62-4)29(2)30(3)40(28)65(60,61)51-44(45)47-21-11-16-35(39(53)43-46-22-23-63-43)48-41(54)36(25-32-17-19-34(20-18-32)52(56)57)49-42(55)37(26-31-12-7-5-8-13-31)50-64(58,59)27-33-14-9-6-10-15-33/h5-10,12-15,17-20,22-24,35-37,50H,11,16,21,25-27H2,1-4H3,(H,48,54)(H,49,55)(H3,45,47,51)/t35-,36-,37+/m0/s1. The Labute approximate surface area is 381 Å². The Hall–Kier alpha value is -6.55. The largest absolute Gasteiger partial charge is 0.496 e. The lowest BCUT2D eigenvalue weighted by Gasteiger charge is -2.25. The van der Waals surface area contributed by atoms with Gasteiger partial charge in [-0.1, -0.05) is 72.8 Å². The molecule has 0 spiro atoms. The summed E-state index contributed by atoms with van der Waals surface area (Å²) < 4.78 is 63.9. The van der Waals surface area contributed by atoms with Crippen molar-refractivity contribution in [2.24, 2.45) is 10.7 Å². The van der Waals surface area contributed by atoms with Crippen molar-refractivity contribution in [3.05, 3.63) is 151 Å². The van der Waals surface area contributed by atoms with Crippen LogP contribution in [-0.2, 0) is 48.2 Å². The van der Waals surface area contributed by atoms with Gasteiger partial charge in [-0.2, -0.15) is 0 Å². The monoisotopic (exact) mass is 946 g/mol. The van der Waals surface area contributed by atoms with Gasteiger partial charge < -0.3 is 21.1 Å². The number of hydrogen-bond donors (Lipinski definition) is 5. The second kappa shape index (κ2) is 22.4. The van der Waals surface area contributed by atoms with Gasteiger partial charge in [0.25, 0.3) is 15.7 Å². The fourth-order valence-corrected chi connectivity index (χ4v) is 10.4. The summed E-state index contributed by atoms with van der Waals surface area (Å²) in [6.07, 6.45) is 1.21. The van der Waals surface area contributed by atoms with Crippen LogP contribution in [0.25, 0.3) is 0 Å². The maximum absolute atomic E-state index is 14.3. The van der Waals surface area contributed by atoms with Crippen molar-refractivity contribution in [1.29, 1.82) is 0 Å². The molecule has 1 heterocycles. The zero-order chi connectivity index (χ0) is 47.3. The molecule has 5 aromatic rings. The first kappa shape index (κ1) is 49.5. The normalized spacial score (nSPS) is 13.3. The summed E-state index contributed by atoms with van der Waals surface area (Å²) >= 11 is 1.04. The average Bonchev–Trinajstić information content (AvgIpc) is 3.81. The molecule has 0 saturated heterocycles. The second-order valence-electron chi connectivity index (χ2n) is 15.0. The van der Waals surface area contributed by atoms with Crippen molar-refractivity contribution in [2.45, 2.75) is 75.2 Å². The minimum atomic E-state index is -4.17. The molecule has 1 aromatic heterocycles. The molecule has 0 bridgehead atoms. The van der Waals surface area contributed by atoms with Crippen LogP contribution in [0.4, 0.5) is 5.69 Å². The Morgan fingerprint density at radius 3 is 2.02 bits per heavy atom. The molecule has 0 unspecified atom stereocenters. The first-order valence-corrected chi connectivity index (χ1v) is 24.2. The lowest BCUT2D eigenvalue weighted by atomic mass is 10.0. The number of methoxy groups -OCH3 is 1. The molecule has 3 atom stereocenters. The lowest BCUT2D eigenvalue weighted by Crippen LogP contribution is -2.57. The summed E-state index contributed by atoms with van der Waals surface area (Å²) in [5, 5.41) is 18.5. The van der Waals surface area contributed by atoms with Crippen molar-refractivity contribution >= 4 is 60.6 Å². The van der Waals surface area contributed by atoms with E-state index in [0.29, 0.717) is 39.1 Å². The van der Waals surface area contributed by atoms with Crippen molar-refractivity contribution in [3.8, 4) is 5.75 Å². The van der Waals surface area contributed by atoms with Crippen LogP contribution < -0.4 is 30.5 Å². The number of hydrogen-bond acceptors (Lipinski definition) is 13. The topological polar surface area (TPSA) is 271 Å². The summed E-state index contributed by atoms with van der Waals surface area (Å²) in [5.41, 5.74) is 8.88. The summed E-state index contributed by atoms with van der Waals surface area (Å²) in [6, 6.07) is 19.9. The quantitative estimate of drug-likeness (QED) is 0.0163. The number of non-ortho nitro benzene ring substituents is 1. The summed E-state index contributed by atoms with van der Waals surface area (Å²) in [4.78, 5) is 61.5. The molecule has 0 radical (unpaired) electrons. The van der Waals surface area contributed by atoms with Gasteiger partial charge in [0, 0.05) is 36.7 Å². The number of thiazole rings is 1. The van der Waals surface area contributed by atoms with Gasteiger partial charge in [-0.05, 0) is 79.5 Å². The van der Waals surface area contributed by atoms with E-state index in [1.165, 1.54) is 37.6 Å². The Kier molecular flexibility index (Phi) is 17.0. The first-order valence-electron chi connectivity index (χ1n) is 20.2. The highest BCUT2D eigenvalue weighted by Crippen LogP contribution is 2.30. The van der Waals surface area contributed by atoms with Crippen LogP contribution in [0.5, 0.6) is 5.75 Å². The van der Waals surface area contributed by atoms with E-state index in [1.807, 2.05) is 0 Å². The number of benzene rings is 4. The number of rotatable bonds is 22. The number of carbonyl (C=O) groups excluding carboxylic acids is 3. The van der Waals surface area contributed by atoms with E-state index in [9.17, 15) is 41.3 Å². The van der Waals surface area contributed by atoms with E-state index < -0.39 is 72.4 Å². The number of sulfonamides is 2. The van der Waals surface area contributed by atoms with E-state index in [4.69, 9.17) is 10.5 Å².